The number of halogens is 3. The van der Waals surface area contributed by atoms with E-state index in [2.05, 4.69) is 42.6 Å². The van der Waals surface area contributed by atoms with E-state index in [0.717, 1.165) is 54.6 Å². The minimum atomic E-state index is -2.47. The number of hydrogen-bond donors (Lipinski definition) is 3. The van der Waals surface area contributed by atoms with Gasteiger partial charge in [0.15, 0.2) is 0 Å². The van der Waals surface area contributed by atoms with Gasteiger partial charge in [0.05, 0.1) is 6.54 Å². The molecule has 0 aliphatic carbocycles. The number of aryl methyl sites for hydroxylation is 2. The molecule has 0 saturated heterocycles. The summed E-state index contributed by atoms with van der Waals surface area (Å²) < 4.78 is 26.9. The zero-order valence-electron chi connectivity index (χ0n) is 18.4. The molecule has 7 nitrogen and oxygen atoms in total. The Morgan fingerprint density at radius 2 is 2.12 bits per heavy atom. The molecule has 3 heterocycles. The number of rotatable bonds is 13. The van der Waals surface area contributed by atoms with Crippen LogP contribution in [0.25, 0.3) is 0 Å². The second-order valence-electron chi connectivity index (χ2n) is 8.17. The van der Waals surface area contributed by atoms with Gasteiger partial charge in [0, 0.05) is 29.5 Å². The Hall–Kier alpha value is -2.33. The van der Waals surface area contributed by atoms with Crippen LogP contribution < -0.4 is 10.6 Å². The number of nitrogens with one attached hydrogen (secondary N) is 2. The van der Waals surface area contributed by atoms with Crippen LogP contribution in [0.3, 0.4) is 0 Å². The van der Waals surface area contributed by atoms with Crippen molar-refractivity contribution in [3.8, 4) is 0 Å². The van der Waals surface area contributed by atoms with Crippen molar-refractivity contribution in [3.05, 3.63) is 46.2 Å². The fourth-order valence-corrected chi connectivity index (χ4v) is 4.21. The van der Waals surface area contributed by atoms with E-state index in [9.17, 15) is 18.7 Å². The Labute approximate surface area is 201 Å². The lowest BCUT2D eigenvalue weighted by Gasteiger charge is -2.24. The lowest BCUT2D eigenvalue weighted by atomic mass is 10.1. The lowest BCUT2D eigenvalue weighted by Crippen LogP contribution is -2.37. The van der Waals surface area contributed by atoms with Crippen molar-refractivity contribution >= 4 is 33.5 Å². The molecular formula is C23H30BrF2N5O2. The first-order valence-corrected chi connectivity index (χ1v) is 12.0. The molecule has 0 saturated carbocycles. The van der Waals surface area contributed by atoms with Crippen LogP contribution in [-0.4, -0.2) is 64.6 Å². The number of unbranched alkanes of at least 4 members (excludes halogenated alkanes) is 1. The van der Waals surface area contributed by atoms with Crippen LogP contribution in [0.2, 0.25) is 0 Å². The number of alkyl halides is 2. The van der Waals surface area contributed by atoms with Gasteiger partial charge in [0.1, 0.15) is 17.7 Å². The van der Waals surface area contributed by atoms with Crippen molar-refractivity contribution in [1.82, 2.24) is 14.9 Å². The van der Waals surface area contributed by atoms with Gasteiger partial charge in [0.25, 0.3) is 6.43 Å². The van der Waals surface area contributed by atoms with E-state index in [0.29, 0.717) is 12.4 Å². The second kappa shape index (κ2) is 12.8. The van der Waals surface area contributed by atoms with Crippen LogP contribution in [0.15, 0.2) is 34.9 Å². The number of carboxylic acids is 1. The SMILES string of the molecule is O=C(O)[C@H](CCN(CCCCc1ccc2c(n1)NCCC2)CC(F)F)Nc1cc(Br)ccn1. The van der Waals surface area contributed by atoms with E-state index in [1.165, 1.54) is 5.56 Å². The Balaban J connectivity index is 1.47. The molecule has 10 heteroatoms. The molecule has 2 aromatic heterocycles. The quantitative estimate of drug-likeness (QED) is 0.333. The highest BCUT2D eigenvalue weighted by Gasteiger charge is 2.21. The average molecular weight is 526 g/mol. The summed E-state index contributed by atoms with van der Waals surface area (Å²) in [5.41, 5.74) is 2.24. The molecule has 2 aromatic rings. The number of carbonyl (C=O) groups is 1. The van der Waals surface area contributed by atoms with Gasteiger partial charge >= 0.3 is 5.97 Å². The zero-order chi connectivity index (χ0) is 23.6. The molecule has 0 radical (unpaired) electrons. The summed E-state index contributed by atoms with van der Waals surface area (Å²) in [6, 6.07) is 6.66. The van der Waals surface area contributed by atoms with Crippen molar-refractivity contribution in [2.24, 2.45) is 0 Å². The van der Waals surface area contributed by atoms with E-state index < -0.39 is 18.4 Å². The largest absolute Gasteiger partial charge is 0.480 e. The molecule has 0 fully saturated rings. The van der Waals surface area contributed by atoms with E-state index in [1.807, 2.05) is 6.07 Å². The van der Waals surface area contributed by atoms with Crippen LogP contribution in [0, 0.1) is 0 Å². The summed E-state index contributed by atoms with van der Waals surface area (Å²) in [6.45, 7) is 1.30. The fourth-order valence-electron chi connectivity index (χ4n) is 3.87. The number of pyridine rings is 2. The smallest absolute Gasteiger partial charge is 0.326 e. The number of hydrogen-bond acceptors (Lipinski definition) is 6. The van der Waals surface area contributed by atoms with Gasteiger partial charge in [0.2, 0.25) is 0 Å². The molecule has 1 aliphatic heterocycles. The minimum absolute atomic E-state index is 0.189. The molecule has 0 unspecified atom stereocenters. The van der Waals surface area contributed by atoms with Crippen LogP contribution in [0.1, 0.15) is 36.9 Å². The maximum atomic E-state index is 13.1. The van der Waals surface area contributed by atoms with Gasteiger partial charge in [-0.15, -0.1) is 0 Å². The number of nitrogens with zero attached hydrogens (tertiary/aromatic N) is 3. The normalized spacial score (nSPS) is 14.1. The first-order chi connectivity index (χ1) is 15.9. The number of carboxylic acid groups (broad SMARTS) is 1. The van der Waals surface area contributed by atoms with Crippen LogP contribution in [-0.2, 0) is 17.6 Å². The Morgan fingerprint density at radius 3 is 2.88 bits per heavy atom. The van der Waals surface area contributed by atoms with Crippen molar-refractivity contribution < 1.29 is 18.7 Å². The number of anilines is 2. The maximum absolute atomic E-state index is 13.1. The molecule has 0 spiro atoms. The number of aliphatic carboxylic acids is 1. The topological polar surface area (TPSA) is 90.4 Å². The molecule has 0 bridgehead atoms. The molecule has 0 amide bonds. The Bertz CT molecular complexity index is 918. The highest BCUT2D eigenvalue weighted by atomic mass is 79.9. The third-order valence-electron chi connectivity index (χ3n) is 5.58. The summed E-state index contributed by atoms with van der Waals surface area (Å²) in [7, 11) is 0. The summed E-state index contributed by atoms with van der Waals surface area (Å²) in [4.78, 5) is 22.1. The third kappa shape index (κ3) is 8.51. The van der Waals surface area contributed by atoms with Gasteiger partial charge in [-0.25, -0.2) is 23.5 Å². The highest BCUT2D eigenvalue weighted by Crippen LogP contribution is 2.20. The first kappa shape index (κ1) is 25.3. The zero-order valence-corrected chi connectivity index (χ0v) is 20.0. The fraction of sp³-hybridized carbons (Fsp3) is 0.522. The molecule has 1 aliphatic rings. The van der Waals surface area contributed by atoms with Crippen molar-refractivity contribution in [3.63, 3.8) is 0 Å². The van der Waals surface area contributed by atoms with Crippen molar-refractivity contribution in [2.45, 2.75) is 51.0 Å². The molecule has 3 N–H and O–H groups in total. The molecule has 1 atom stereocenters. The van der Waals surface area contributed by atoms with E-state index in [-0.39, 0.29) is 19.5 Å². The Kier molecular flexibility index (Phi) is 9.80. The van der Waals surface area contributed by atoms with Gasteiger partial charge < -0.3 is 15.7 Å². The molecule has 3 rings (SSSR count). The monoisotopic (exact) mass is 525 g/mol. The van der Waals surface area contributed by atoms with E-state index in [4.69, 9.17) is 0 Å². The predicted molar refractivity (Wildman–Crippen MR) is 128 cm³/mol. The molecule has 180 valence electrons. The standard InChI is InChI=1S/C23H30BrF2N5O2/c24-17-8-11-27-21(14-17)30-19(23(32)33)9-13-31(15-20(25)26)12-2-1-5-18-7-6-16-4-3-10-28-22(16)29-18/h6-8,11,14,19-20H,1-5,9-10,12-13,15H2,(H,27,30)(H,28,29)(H,32,33)/t19-/m0/s1. The first-order valence-electron chi connectivity index (χ1n) is 11.2. The maximum Gasteiger partial charge on any atom is 0.326 e. The number of fused-ring (bicyclic) bond motifs is 1. The summed E-state index contributed by atoms with van der Waals surface area (Å²) >= 11 is 3.32. The highest BCUT2D eigenvalue weighted by molar-refractivity contribution is 9.10. The van der Waals surface area contributed by atoms with Gasteiger partial charge in [-0.1, -0.05) is 22.0 Å². The van der Waals surface area contributed by atoms with Crippen LogP contribution in [0.4, 0.5) is 20.4 Å². The third-order valence-corrected chi connectivity index (χ3v) is 6.07. The molecular weight excluding hydrogens is 496 g/mol. The average Bonchev–Trinajstić information content (AvgIpc) is 2.78. The van der Waals surface area contributed by atoms with Crippen molar-refractivity contribution in [2.75, 3.05) is 36.8 Å². The van der Waals surface area contributed by atoms with Crippen molar-refractivity contribution in [1.29, 1.82) is 0 Å². The van der Waals surface area contributed by atoms with Crippen LogP contribution in [0.5, 0.6) is 0 Å². The number of aromatic nitrogens is 2. The summed E-state index contributed by atoms with van der Waals surface area (Å²) in [5.74, 6) is 0.343. The predicted octanol–water partition coefficient (Wildman–Crippen LogP) is 4.44. The molecule has 33 heavy (non-hydrogen) atoms. The van der Waals surface area contributed by atoms with Gasteiger partial charge in [-0.3, -0.25) is 4.90 Å². The van der Waals surface area contributed by atoms with E-state index in [1.54, 1.807) is 23.2 Å². The summed E-state index contributed by atoms with van der Waals surface area (Å²) in [5, 5.41) is 15.7. The lowest BCUT2D eigenvalue weighted by molar-refractivity contribution is -0.138. The second-order valence-corrected chi connectivity index (χ2v) is 9.09. The molecule has 0 aromatic carbocycles. The minimum Gasteiger partial charge on any atom is -0.480 e. The van der Waals surface area contributed by atoms with Gasteiger partial charge in [-0.05, 0) is 68.8 Å². The van der Waals surface area contributed by atoms with Crippen LogP contribution >= 0.6 is 15.9 Å². The van der Waals surface area contributed by atoms with Gasteiger partial charge in [-0.2, -0.15) is 0 Å². The Morgan fingerprint density at radius 1 is 1.27 bits per heavy atom. The summed E-state index contributed by atoms with van der Waals surface area (Å²) in [6.07, 6.45) is 3.78. The van der Waals surface area contributed by atoms with E-state index >= 15 is 0 Å².